The Morgan fingerprint density at radius 3 is 3.00 bits per heavy atom. The van der Waals surface area contributed by atoms with E-state index >= 15 is 0 Å². The van der Waals surface area contributed by atoms with Crippen LogP contribution in [0.2, 0.25) is 0 Å². The molecule has 0 spiro atoms. The molecule has 0 aliphatic carbocycles. The van der Waals surface area contributed by atoms with Gasteiger partial charge in [0.05, 0.1) is 9.75 Å². The molecule has 1 unspecified atom stereocenters. The van der Waals surface area contributed by atoms with Gasteiger partial charge in [-0.1, -0.05) is 31.6 Å². The Bertz CT molecular complexity index is 553. The second-order valence-electron chi connectivity index (χ2n) is 5.49. The van der Waals surface area contributed by atoms with E-state index in [4.69, 9.17) is 5.11 Å². The molecule has 1 atom stereocenters. The summed E-state index contributed by atoms with van der Waals surface area (Å²) < 4.78 is 0. The first-order valence-electron chi connectivity index (χ1n) is 7.68. The SMILES string of the molecule is CCC1CCCCCN1C(=O)c1cc(C)c(C#CCO)s1. The Kier molecular flexibility index (Phi) is 5.84. The lowest BCUT2D eigenvalue weighted by molar-refractivity contribution is 0.0683. The summed E-state index contributed by atoms with van der Waals surface area (Å²) in [6.07, 6.45) is 5.68. The number of likely N-dealkylation sites (tertiary alicyclic amines) is 1. The number of hydrogen-bond acceptors (Lipinski definition) is 3. The predicted octanol–water partition coefficient (Wildman–Crippen LogP) is 3.20. The van der Waals surface area contributed by atoms with Gasteiger partial charge in [0.2, 0.25) is 0 Å². The molecule has 1 aromatic heterocycles. The molecule has 1 fully saturated rings. The van der Waals surface area contributed by atoms with Gasteiger partial charge in [0, 0.05) is 12.6 Å². The summed E-state index contributed by atoms with van der Waals surface area (Å²) in [5, 5.41) is 8.79. The number of nitrogens with zero attached hydrogens (tertiary/aromatic N) is 1. The lowest BCUT2D eigenvalue weighted by atomic mass is 10.1. The van der Waals surface area contributed by atoms with Gasteiger partial charge in [0.15, 0.2) is 0 Å². The second-order valence-corrected chi connectivity index (χ2v) is 6.54. The molecule has 0 aromatic carbocycles. The van der Waals surface area contributed by atoms with E-state index < -0.39 is 0 Å². The number of amides is 1. The fraction of sp³-hybridized carbons (Fsp3) is 0.588. The van der Waals surface area contributed by atoms with Crippen LogP contribution in [0.1, 0.15) is 59.1 Å². The van der Waals surface area contributed by atoms with Gasteiger partial charge in [-0.2, -0.15) is 0 Å². The molecule has 1 saturated heterocycles. The van der Waals surface area contributed by atoms with E-state index in [1.807, 2.05) is 13.0 Å². The first-order valence-corrected chi connectivity index (χ1v) is 8.50. The summed E-state index contributed by atoms with van der Waals surface area (Å²) >= 11 is 1.44. The van der Waals surface area contributed by atoms with Crippen molar-refractivity contribution in [2.24, 2.45) is 0 Å². The Morgan fingerprint density at radius 2 is 2.29 bits per heavy atom. The third-order valence-corrected chi connectivity index (χ3v) is 5.16. The van der Waals surface area contributed by atoms with Crippen molar-refractivity contribution >= 4 is 17.2 Å². The summed E-state index contributed by atoms with van der Waals surface area (Å²) in [6.45, 7) is 4.85. The summed E-state index contributed by atoms with van der Waals surface area (Å²) in [5.41, 5.74) is 1.02. The molecule has 4 heteroatoms. The summed E-state index contributed by atoms with van der Waals surface area (Å²) in [7, 11) is 0. The minimum absolute atomic E-state index is 0.147. The molecule has 114 valence electrons. The van der Waals surface area contributed by atoms with Crippen molar-refractivity contribution in [3.63, 3.8) is 0 Å². The first-order chi connectivity index (χ1) is 10.2. The highest BCUT2D eigenvalue weighted by molar-refractivity contribution is 7.14. The molecule has 0 radical (unpaired) electrons. The zero-order chi connectivity index (χ0) is 15.2. The van der Waals surface area contributed by atoms with Crippen LogP contribution in [0, 0.1) is 18.8 Å². The van der Waals surface area contributed by atoms with Crippen LogP contribution in [0.15, 0.2) is 6.07 Å². The minimum Gasteiger partial charge on any atom is -0.384 e. The molecule has 1 amide bonds. The van der Waals surface area contributed by atoms with Gasteiger partial charge in [0.25, 0.3) is 5.91 Å². The van der Waals surface area contributed by atoms with Gasteiger partial charge in [-0.05, 0) is 37.8 Å². The number of carbonyl (C=O) groups is 1. The average molecular weight is 305 g/mol. The fourth-order valence-corrected chi connectivity index (χ4v) is 3.85. The summed E-state index contributed by atoms with van der Waals surface area (Å²) in [6, 6.07) is 2.31. The van der Waals surface area contributed by atoms with Crippen molar-refractivity contribution in [2.75, 3.05) is 13.2 Å². The number of carbonyl (C=O) groups excluding carboxylic acids is 1. The predicted molar refractivity (Wildman–Crippen MR) is 86.6 cm³/mol. The van der Waals surface area contributed by atoms with Crippen molar-refractivity contribution in [3.05, 3.63) is 21.4 Å². The summed E-state index contributed by atoms with van der Waals surface area (Å²) in [5.74, 6) is 5.73. The highest BCUT2D eigenvalue weighted by Gasteiger charge is 2.26. The zero-order valence-corrected chi connectivity index (χ0v) is 13.6. The van der Waals surface area contributed by atoms with Crippen LogP contribution >= 0.6 is 11.3 Å². The number of aliphatic hydroxyl groups excluding tert-OH is 1. The normalized spacial score (nSPS) is 18.8. The topological polar surface area (TPSA) is 40.5 Å². The second kappa shape index (κ2) is 7.63. The lowest BCUT2D eigenvalue weighted by Crippen LogP contribution is -2.39. The smallest absolute Gasteiger partial charge is 0.264 e. The molecule has 0 bridgehead atoms. The summed E-state index contributed by atoms with van der Waals surface area (Å²) in [4.78, 5) is 16.5. The van der Waals surface area contributed by atoms with Crippen molar-refractivity contribution in [3.8, 4) is 11.8 Å². The van der Waals surface area contributed by atoms with Crippen molar-refractivity contribution in [1.82, 2.24) is 4.90 Å². The monoisotopic (exact) mass is 305 g/mol. The van der Waals surface area contributed by atoms with Gasteiger partial charge in [-0.15, -0.1) is 11.3 Å². The molecular formula is C17H23NO2S. The molecule has 2 heterocycles. The fourth-order valence-electron chi connectivity index (χ4n) is 2.84. The Morgan fingerprint density at radius 1 is 1.48 bits per heavy atom. The number of thiophene rings is 1. The number of aryl methyl sites for hydroxylation is 1. The highest BCUT2D eigenvalue weighted by atomic mass is 32.1. The van der Waals surface area contributed by atoms with Gasteiger partial charge < -0.3 is 10.0 Å². The van der Waals surface area contributed by atoms with Gasteiger partial charge in [-0.3, -0.25) is 4.79 Å². The van der Waals surface area contributed by atoms with E-state index in [-0.39, 0.29) is 12.5 Å². The van der Waals surface area contributed by atoms with Crippen LogP contribution in [0.3, 0.4) is 0 Å². The van der Waals surface area contributed by atoms with Crippen molar-refractivity contribution in [2.45, 2.75) is 52.0 Å². The van der Waals surface area contributed by atoms with E-state index in [1.54, 1.807) is 0 Å². The molecule has 2 rings (SSSR count). The number of rotatable bonds is 2. The van der Waals surface area contributed by atoms with Crippen LogP contribution in [0.25, 0.3) is 0 Å². The molecule has 1 aromatic rings. The maximum atomic E-state index is 12.8. The molecule has 1 N–H and O–H groups in total. The van der Waals surface area contributed by atoms with Crippen LogP contribution < -0.4 is 0 Å². The van der Waals surface area contributed by atoms with E-state index in [9.17, 15) is 4.79 Å². The highest BCUT2D eigenvalue weighted by Crippen LogP contribution is 2.26. The van der Waals surface area contributed by atoms with Crippen molar-refractivity contribution < 1.29 is 9.90 Å². The van der Waals surface area contributed by atoms with E-state index in [0.717, 1.165) is 41.1 Å². The molecule has 1 aliphatic rings. The number of aliphatic hydroxyl groups is 1. The standard InChI is InChI=1S/C17H23NO2S/c1-3-14-8-5-4-6-10-18(14)17(20)16-12-13(2)15(21-16)9-7-11-19/h12,14,19H,3-6,8,10-11H2,1-2H3. The van der Waals surface area contributed by atoms with Gasteiger partial charge in [0.1, 0.15) is 6.61 Å². The number of hydrogen-bond donors (Lipinski definition) is 1. The molecular weight excluding hydrogens is 282 g/mol. The van der Waals surface area contributed by atoms with Crippen LogP contribution in [-0.2, 0) is 0 Å². The minimum atomic E-state index is -0.148. The third-order valence-electron chi connectivity index (χ3n) is 4.02. The zero-order valence-electron chi connectivity index (χ0n) is 12.8. The Hall–Kier alpha value is -1.31. The van der Waals surface area contributed by atoms with Gasteiger partial charge in [-0.25, -0.2) is 0 Å². The maximum absolute atomic E-state index is 12.8. The van der Waals surface area contributed by atoms with Crippen LogP contribution in [0.5, 0.6) is 0 Å². The first kappa shape index (κ1) is 16.1. The maximum Gasteiger partial charge on any atom is 0.264 e. The van der Waals surface area contributed by atoms with Crippen LogP contribution in [-0.4, -0.2) is 35.1 Å². The lowest BCUT2D eigenvalue weighted by Gasteiger charge is -2.28. The third kappa shape index (κ3) is 3.87. The van der Waals surface area contributed by atoms with E-state index in [2.05, 4.69) is 23.7 Å². The Labute approximate surface area is 131 Å². The van der Waals surface area contributed by atoms with Crippen LogP contribution in [0.4, 0.5) is 0 Å². The molecule has 1 aliphatic heterocycles. The molecule has 21 heavy (non-hydrogen) atoms. The van der Waals surface area contributed by atoms with Gasteiger partial charge >= 0.3 is 0 Å². The van der Waals surface area contributed by atoms with Crippen molar-refractivity contribution in [1.29, 1.82) is 0 Å². The van der Waals surface area contributed by atoms with E-state index in [1.165, 1.54) is 24.2 Å². The largest absolute Gasteiger partial charge is 0.384 e. The molecule has 0 saturated carbocycles. The quantitative estimate of drug-likeness (QED) is 0.853. The molecule has 3 nitrogen and oxygen atoms in total. The van der Waals surface area contributed by atoms with E-state index in [0.29, 0.717) is 6.04 Å². The average Bonchev–Trinajstić information content (AvgIpc) is 2.72. The Balaban J connectivity index is 2.21.